The lowest BCUT2D eigenvalue weighted by atomic mass is 10.0. The SMILES string of the molecule is CC.CC(=O)N1CCc2c(nc(-c3ccc(NC(=O)NCCO)cc3)nc2N2CCOCC2)C1. The summed E-state index contributed by atoms with van der Waals surface area (Å²) < 4.78 is 5.51. The number of nitrogens with zero attached hydrogens (tertiary/aromatic N) is 4. The first-order valence-corrected chi connectivity index (χ1v) is 11.8. The minimum Gasteiger partial charge on any atom is -0.395 e. The van der Waals surface area contributed by atoms with Gasteiger partial charge in [-0.3, -0.25) is 4.79 Å². The van der Waals surface area contributed by atoms with Gasteiger partial charge in [0.25, 0.3) is 0 Å². The fourth-order valence-corrected chi connectivity index (χ4v) is 3.89. The number of aliphatic hydroxyl groups is 1. The predicted octanol–water partition coefficient (Wildman–Crippen LogP) is 2.02. The van der Waals surface area contributed by atoms with E-state index in [0.29, 0.717) is 37.8 Å². The van der Waals surface area contributed by atoms with Crippen LogP contribution in [0.2, 0.25) is 0 Å². The number of hydrogen-bond donors (Lipinski definition) is 3. The zero-order valence-corrected chi connectivity index (χ0v) is 20.1. The highest BCUT2D eigenvalue weighted by atomic mass is 16.5. The third-order valence-corrected chi connectivity index (χ3v) is 5.60. The van der Waals surface area contributed by atoms with Crippen molar-refractivity contribution < 1.29 is 19.4 Å². The lowest BCUT2D eigenvalue weighted by Gasteiger charge is -2.34. The Morgan fingerprint density at radius 1 is 1.09 bits per heavy atom. The Balaban J connectivity index is 0.00000158. The highest BCUT2D eigenvalue weighted by molar-refractivity contribution is 5.89. The first kappa shape index (κ1) is 25.4. The lowest BCUT2D eigenvalue weighted by Crippen LogP contribution is -2.40. The van der Waals surface area contributed by atoms with E-state index < -0.39 is 0 Å². The van der Waals surface area contributed by atoms with Gasteiger partial charge in [0.2, 0.25) is 5.91 Å². The van der Waals surface area contributed by atoms with E-state index in [2.05, 4.69) is 15.5 Å². The topological polar surface area (TPSA) is 120 Å². The summed E-state index contributed by atoms with van der Waals surface area (Å²) in [5, 5.41) is 14.1. The van der Waals surface area contributed by atoms with Crippen molar-refractivity contribution in [1.29, 1.82) is 0 Å². The number of aromatic nitrogens is 2. The summed E-state index contributed by atoms with van der Waals surface area (Å²) in [7, 11) is 0. The van der Waals surface area contributed by atoms with Crippen molar-refractivity contribution in [1.82, 2.24) is 20.2 Å². The molecule has 34 heavy (non-hydrogen) atoms. The van der Waals surface area contributed by atoms with Gasteiger partial charge in [0.15, 0.2) is 5.82 Å². The van der Waals surface area contributed by atoms with Gasteiger partial charge >= 0.3 is 6.03 Å². The van der Waals surface area contributed by atoms with Crippen molar-refractivity contribution in [2.75, 3.05) is 56.2 Å². The van der Waals surface area contributed by atoms with Crippen LogP contribution in [-0.2, 0) is 22.5 Å². The maximum absolute atomic E-state index is 11.9. The molecule has 0 unspecified atom stereocenters. The Hall–Kier alpha value is -3.24. The Bertz CT molecular complexity index is 976. The van der Waals surface area contributed by atoms with Gasteiger partial charge < -0.3 is 30.3 Å². The van der Waals surface area contributed by atoms with Crippen molar-refractivity contribution in [2.24, 2.45) is 0 Å². The van der Waals surface area contributed by atoms with Gasteiger partial charge in [0.1, 0.15) is 5.82 Å². The molecule has 0 radical (unpaired) electrons. The van der Waals surface area contributed by atoms with Crippen LogP contribution in [0, 0.1) is 0 Å². The minimum absolute atomic E-state index is 0.0404. The van der Waals surface area contributed by atoms with Gasteiger partial charge in [-0.2, -0.15) is 0 Å². The summed E-state index contributed by atoms with van der Waals surface area (Å²) in [5.74, 6) is 1.55. The summed E-state index contributed by atoms with van der Waals surface area (Å²) in [6.07, 6.45) is 0.730. The Morgan fingerprint density at radius 2 is 1.79 bits per heavy atom. The minimum atomic E-state index is -0.379. The maximum Gasteiger partial charge on any atom is 0.319 e. The van der Waals surface area contributed by atoms with Crippen molar-refractivity contribution in [3.8, 4) is 11.4 Å². The highest BCUT2D eigenvalue weighted by Gasteiger charge is 2.27. The molecule has 3 amide bonds. The molecule has 2 aliphatic rings. The van der Waals surface area contributed by atoms with Crippen LogP contribution in [0.5, 0.6) is 0 Å². The standard InChI is InChI=1S/C22H28N6O4.C2H6/c1-15(30)28-8-6-18-19(14-28)25-20(26-21(18)27-9-12-32-13-10-27)16-2-4-17(5-3-16)24-22(31)23-7-11-29;1-2/h2-5,29H,6-14H2,1H3,(H2,23,24,31);1-2H3. The number of carbonyl (C=O) groups excluding carboxylic acids is 2. The molecule has 0 aliphatic carbocycles. The number of hydrogen-bond acceptors (Lipinski definition) is 7. The molecule has 0 saturated carbocycles. The van der Waals surface area contributed by atoms with Crippen LogP contribution in [-0.4, -0.2) is 77.9 Å². The van der Waals surface area contributed by atoms with Gasteiger partial charge in [0, 0.05) is 49.9 Å². The highest BCUT2D eigenvalue weighted by Crippen LogP contribution is 2.30. The molecule has 2 aliphatic heterocycles. The van der Waals surface area contributed by atoms with Crippen LogP contribution in [0.1, 0.15) is 32.0 Å². The van der Waals surface area contributed by atoms with Crippen molar-refractivity contribution >= 4 is 23.4 Å². The van der Waals surface area contributed by atoms with Gasteiger partial charge in [-0.25, -0.2) is 14.8 Å². The monoisotopic (exact) mass is 470 g/mol. The number of nitrogens with one attached hydrogen (secondary N) is 2. The number of morpholine rings is 1. The predicted molar refractivity (Wildman–Crippen MR) is 131 cm³/mol. The summed E-state index contributed by atoms with van der Waals surface area (Å²) >= 11 is 0. The molecule has 10 nitrogen and oxygen atoms in total. The fourth-order valence-electron chi connectivity index (χ4n) is 3.89. The molecular formula is C24H34N6O4. The first-order valence-electron chi connectivity index (χ1n) is 11.8. The lowest BCUT2D eigenvalue weighted by molar-refractivity contribution is -0.129. The Kier molecular flexibility index (Phi) is 9.17. The molecule has 1 aromatic heterocycles. The van der Waals surface area contributed by atoms with Crippen LogP contribution in [0.15, 0.2) is 24.3 Å². The number of aliphatic hydroxyl groups excluding tert-OH is 1. The molecule has 3 N–H and O–H groups in total. The van der Waals surface area contributed by atoms with Crippen molar-refractivity contribution in [3.63, 3.8) is 0 Å². The molecule has 0 bridgehead atoms. The molecule has 0 spiro atoms. The molecule has 4 rings (SSSR count). The Labute approximate surface area is 200 Å². The summed E-state index contributed by atoms with van der Waals surface area (Å²) in [5.41, 5.74) is 3.43. The largest absolute Gasteiger partial charge is 0.395 e. The van der Waals surface area contributed by atoms with E-state index in [9.17, 15) is 9.59 Å². The van der Waals surface area contributed by atoms with Crippen LogP contribution in [0.25, 0.3) is 11.4 Å². The second kappa shape index (κ2) is 12.3. The summed E-state index contributed by atoms with van der Waals surface area (Å²) in [6.45, 7) is 9.65. The second-order valence-corrected chi connectivity index (χ2v) is 7.77. The van der Waals surface area contributed by atoms with Crippen LogP contribution in [0.3, 0.4) is 0 Å². The summed E-state index contributed by atoms with van der Waals surface area (Å²) in [4.78, 5) is 37.5. The van der Waals surface area contributed by atoms with E-state index in [1.165, 1.54) is 0 Å². The van der Waals surface area contributed by atoms with Gasteiger partial charge in [0.05, 0.1) is 32.1 Å². The fraction of sp³-hybridized carbons (Fsp3) is 0.500. The normalized spacial score (nSPS) is 15.1. The van der Waals surface area contributed by atoms with E-state index in [1.807, 2.05) is 26.0 Å². The van der Waals surface area contributed by atoms with Crippen LogP contribution in [0.4, 0.5) is 16.3 Å². The van der Waals surface area contributed by atoms with Gasteiger partial charge in [-0.15, -0.1) is 0 Å². The number of fused-ring (bicyclic) bond motifs is 1. The van der Waals surface area contributed by atoms with E-state index in [4.69, 9.17) is 19.8 Å². The quantitative estimate of drug-likeness (QED) is 0.612. The van der Waals surface area contributed by atoms with Crippen molar-refractivity contribution in [3.05, 3.63) is 35.5 Å². The first-order chi connectivity index (χ1) is 16.5. The number of amides is 3. The zero-order valence-electron chi connectivity index (χ0n) is 20.1. The molecule has 1 fully saturated rings. The Morgan fingerprint density at radius 3 is 2.44 bits per heavy atom. The summed E-state index contributed by atoms with van der Waals surface area (Å²) in [6, 6.07) is 6.91. The maximum atomic E-state index is 11.9. The molecule has 2 aromatic rings. The molecule has 0 atom stereocenters. The van der Waals surface area contributed by atoms with E-state index in [0.717, 1.165) is 42.1 Å². The molecule has 3 heterocycles. The number of benzene rings is 1. The second-order valence-electron chi connectivity index (χ2n) is 7.77. The van der Waals surface area contributed by atoms with Gasteiger partial charge in [-0.05, 0) is 30.7 Å². The third kappa shape index (κ3) is 6.21. The average molecular weight is 471 g/mol. The molecule has 1 saturated heterocycles. The zero-order chi connectivity index (χ0) is 24.5. The van der Waals surface area contributed by atoms with E-state index >= 15 is 0 Å². The third-order valence-electron chi connectivity index (χ3n) is 5.60. The molecule has 10 heteroatoms. The number of anilines is 2. The van der Waals surface area contributed by atoms with Gasteiger partial charge in [-0.1, -0.05) is 13.8 Å². The molecule has 184 valence electrons. The smallest absolute Gasteiger partial charge is 0.319 e. The molecule has 1 aromatic carbocycles. The molecular weight excluding hydrogens is 436 g/mol. The average Bonchev–Trinajstić information content (AvgIpc) is 2.88. The van der Waals surface area contributed by atoms with E-state index in [-0.39, 0.29) is 25.1 Å². The van der Waals surface area contributed by atoms with Crippen molar-refractivity contribution in [2.45, 2.75) is 33.7 Å². The number of rotatable bonds is 5. The number of ether oxygens (including phenoxy) is 1. The number of carbonyl (C=O) groups is 2. The van der Waals surface area contributed by atoms with Crippen LogP contribution < -0.4 is 15.5 Å². The number of urea groups is 1. The van der Waals surface area contributed by atoms with E-state index in [1.54, 1.807) is 24.0 Å². The van der Waals surface area contributed by atoms with Crippen LogP contribution >= 0.6 is 0 Å².